The number of nitrogens with one attached hydrogen (secondary N) is 2. The first-order chi connectivity index (χ1) is 9.78. The number of carbonyl (C=O) groups excluding carboxylic acids is 1. The van der Waals surface area contributed by atoms with Gasteiger partial charge in [-0.2, -0.15) is 0 Å². The lowest BCUT2D eigenvalue weighted by Crippen LogP contribution is -2.48. The maximum Gasteiger partial charge on any atom is 0.407 e. The molecule has 1 atom stereocenters. The minimum absolute atomic E-state index is 0.205. The minimum atomic E-state index is -0.854. The van der Waals surface area contributed by atoms with E-state index in [1.54, 1.807) is 0 Å². The van der Waals surface area contributed by atoms with Crippen LogP contribution in [0, 0.1) is 0 Å². The third-order valence-corrected chi connectivity index (χ3v) is 3.15. The average Bonchev–Trinajstić information content (AvgIpc) is 2.36. The zero-order valence-electron chi connectivity index (χ0n) is 13.1. The third kappa shape index (κ3) is 7.75. The Labute approximate surface area is 126 Å². The van der Waals surface area contributed by atoms with Crippen LogP contribution in [-0.2, 0) is 4.74 Å². The number of likely N-dealkylation sites (tertiary alicyclic amines) is 1. The normalized spacial score (nSPS) is 19.2. The Morgan fingerprint density at radius 1 is 1.33 bits per heavy atom. The number of rotatable bonds is 5. The van der Waals surface area contributed by atoms with Crippen molar-refractivity contribution in [2.24, 2.45) is 0 Å². The molecule has 1 aliphatic heterocycles. The molecule has 1 saturated heterocycles. The molecule has 0 bridgehead atoms. The van der Waals surface area contributed by atoms with Crippen molar-refractivity contribution in [3.63, 3.8) is 0 Å². The Kier molecular flexibility index (Phi) is 6.74. The molecular formula is C14H27N3O4. The van der Waals surface area contributed by atoms with Gasteiger partial charge in [0, 0.05) is 25.7 Å². The van der Waals surface area contributed by atoms with Crippen molar-refractivity contribution in [2.45, 2.75) is 51.7 Å². The standard InChI is InChI=1S/C14H27N3O4/c1-14(2,3)21-12(18)16-8-5-7-15-11-6-4-9-17(10-11)13(19)20/h11,15H,4-10H2,1-3H3,(H,16,18)(H,19,20). The fraction of sp³-hybridized carbons (Fsp3) is 0.857. The second kappa shape index (κ2) is 8.07. The minimum Gasteiger partial charge on any atom is -0.465 e. The number of hydrogen-bond donors (Lipinski definition) is 3. The lowest BCUT2D eigenvalue weighted by Gasteiger charge is -2.31. The molecule has 0 aromatic carbocycles. The summed E-state index contributed by atoms with van der Waals surface area (Å²) in [6.07, 6.45) is 1.40. The molecule has 0 aromatic rings. The van der Waals surface area contributed by atoms with Crippen molar-refractivity contribution in [3.05, 3.63) is 0 Å². The Morgan fingerprint density at radius 3 is 2.67 bits per heavy atom. The van der Waals surface area contributed by atoms with Crippen LogP contribution in [0.15, 0.2) is 0 Å². The summed E-state index contributed by atoms with van der Waals surface area (Å²) < 4.78 is 5.13. The van der Waals surface area contributed by atoms with Gasteiger partial charge in [-0.05, 0) is 46.6 Å². The van der Waals surface area contributed by atoms with E-state index in [0.29, 0.717) is 19.6 Å². The first-order valence-corrected chi connectivity index (χ1v) is 7.46. The average molecular weight is 301 g/mol. The van der Waals surface area contributed by atoms with E-state index in [0.717, 1.165) is 25.8 Å². The quantitative estimate of drug-likeness (QED) is 0.671. The van der Waals surface area contributed by atoms with E-state index in [1.165, 1.54) is 4.90 Å². The van der Waals surface area contributed by atoms with Crippen LogP contribution in [0.1, 0.15) is 40.0 Å². The lowest BCUT2D eigenvalue weighted by atomic mass is 10.1. The molecule has 7 heteroatoms. The van der Waals surface area contributed by atoms with Crippen LogP contribution in [0.2, 0.25) is 0 Å². The predicted molar refractivity (Wildman–Crippen MR) is 79.5 cm³/mol. The molecule has 122 valence electrons. The highest BCUT2D eigenvalue weighted by molar-refractivity contribution is 5.67. The van der Waals surface area contributed by atoms with Gasteiger partial charge < -0.3 is 25.4 Å². The highest BCUT2D eigenvalue weighted by atomic mass is 16.6. The molecule has 0 aliphatic carbocycles. The molecule has 1 fully saturated rings. The molecule has 0 radical (unpaired) electrons. The Balaban J connectivity index is 2.09. The van der Waals surface area contributed by atoms with Gasteiger partial charge in [-0.3, -0.25) is 0 Å². The van der Waals surface area contributed by atoms with Gasteiger partial charge in [0.15, 0.2) is 0 Å². The van der Waals surface area contributed by atoms with E-state index in [-0.39, 0.29) is 6.04 Å². The Bertz CT molecular complexity index is 355. The van der Waals surface area contributed by atoms with E-state index in [9.17, 15) is 9.59 Å². The summed E-state index contributed by atoms with van der Waals surface area (Å²) in [7, 11) is 0. The maximum atomic E-state index is 11.4. The summed E-state index contributed by atoms with van der Waals surface area (Å²) in [6, 6.07) is 0.205. The molecule has 0 spiro atoms. The van der Waals surface area contributed by atoms with Gasteiger partial charge in [0.2, 0.25) is 0 Å². The number of carbonyl (C=O) groups is 2. The SMILES string of the molecule is CC(C)(C)OC(=O)NCCCNC1CCCN(C(=O)O)C1. The van der Waals surface area contributed by atoms with Gasteiger partial charge in [0.1, 0.15) is 5.60 Å². The zero-order valence-corrected chi connectivity index (χ0v) is 13.1. The molecule has 7 nitrogen and oxygen atoms in total. The fourth-order valence-corrected chi connectivity index (χ4v) is 2.22. The fourth-order valence-electron chi connectivity index (χ4n) is 2.22. The number of nitrogens with zero attached hydrogens (tertiary/aromatic N) is 1. The lowest BCUT2D eigenvalue weighted by molar-refractivity contribution is 0.0527. The molecular weight excluding hydrogens is 274 g/mol. The highest BCUT2D eigenvalue weighted by Gasteiger charge is 2.22. The van der Waals surface area contributed by atoms with Crippen LogP contribution < -0.4 is 10.6 Å². The third-order valence-electron chi connectivity index (χ3n) is 3.15. The molecule has 1 heterocycles. The Hall–Kier alpha value is -1.50. The monoisotopic (exact) mass is 301 g/mol. The summed E-state index contributed by atoms with van der Waals surface area (Å²) in [4.78, 5) is 23.8. The smallest absolute Gasteiger partial charge is 0.407 e. The van der Waals surface area contributed by atoms with Crippen LogP contribution in [0.3, 0.4) is 0 Å². The first kappa shape index (κ1) is 17.6. The van der Waals surface area contributed by atoms with Gasteiger partial charge in [-0.1, -0.05) is 0 Å². The van der Waals surface area contributed by atoms with Crippen LogP contribution in [-0.4, -0.2) is 60.0 Å². The van der Waals surface area contributed by atoms with E-state index in [2.05, 4.69) is 10.6 Å². The second-order valence-corrected chi connectivity index (χ2v) is 6.30. The topological polar surface area (TPSA) is 90.9 Å². The Morgan fingerprint density at radius 2 is 2.05 bits per heavy atom. The molecule has 21 heavy (non-hydrogen) atoms. The summed E-state index contributed by atoms with van der Waals surface area (Å²) >= 11 is 0. The summed E-state index contributed by atoms with van der Waals surface area (Å²) in [5.41, 5.74) is -0.481. The van der Waals surface area contributed by atoms with E-state index in [4.69, 9.17) is 9.84 Å². The molecule has 0 saturated carbocycles. The first-order valence-electron chi connectivity index (χ1n) is 7.46. The molecule has 1 aliphatic rings. The number of carboxylic acid groups (broad SMARTS) is 1. The molecule has 2 amide bonds. The molecule has 3 N–H and O–H groups in total. The second-order valence-electron chi connectivity index (χ2n) is 6.30. The van der Waals surface area contributed by atoms with Crippen LogP contribution in [0.4, 0.5) is 9.59 Å². The summed E-state index contributed by atoms with van der Waals surface area (Å²) in [5, 5.41) is 15.0. The van der Waals surface area contributed by atoms with Crippen molar-refractivity contribution >= 4 is 12.2 Å². The van der Waals surface area contributed by atoms with Crippen molar-refractivity contribution in [3.8, 4) is 0 Å². The van der Waals surface area contributed by atoms with Gasteiger partial charge >= 0.3 is 12.2 Å². The summed E-state index contributed by atoms with van der Waals surface area (Å²) in [5.74, 6) is 0. The molecule has 1 unspecified atom stereocenters. The zero-order chi connectivity index (χ0) is 15.9. The number of ether oxygens (including phenoxy) is 1. The van der Waals surface area contributed by atoms with Gasteiger partial charge in [-0.15, -0.1) is 0 Å². The van der Waals surface area contributed by atoms with Crippen LogP contribution >= 0.6 is 0 Å². The number of hydrogen-bond acceptors (Lipinski definition) is 4. The van der Waals surface area contributed by atoms with Crippen molar-refractivity contribution in [2.75, 3.05) is 26.2 Å². The van der Waals surface area contributed by atoms with E-state index >= 15 is 0 Å². The number of alkyl carbamates (subject to hydrolysis) is 1. The van der Waals surface area contributed by atoms with Crippen molar-refractivity contribution < 1.29 is 19.4 Å². The molecule has 1 rings (SSSR count). The van der Waals surface area contributed by atoms with E-state index < -0.39 is 17.8 Å². The van der Waals surface area contributed by atoms with Gasteiger partial charge in [0.05, 0.1) is 0 Å². The number of amides is 2. The highest BCUT2D eigenvalue weighted by Crippen LogP contribution is 2.10. The van der Waals surface area contributed by atoms with Crippen LogP contribution in [0.25, 0.3) is 0 Å². The van der Waals surface area contributed by atoms with Gasteiger partial charge in [0.25, 0.3) is 0 Å². The van der Waals surface area contributed by atoms with E-state index in [1.807, 2.05) is 20.8 Å². The maximum absolute atomic E-state index is 11.4. The largest absolute Gasteiger partial charge is 0.465 e. The van der Waals surface area contributed by atoms with Crippen molar-refractivity contribution in [1.82, 2.24) is 15.5 Å². The molecule has 0 aromatic heterocycles. The van der Waals surface area contributed by atoms with Gasteiger partial charge in [-0.25, -0.2) is 9.59 Å². The summed E-state index contributed by atoms with van der Waals surface area (Å²) in [6.45, 7) is 7.91. The van der Waals surface area contributed by atoms with Crippen LogP contribution in [0.5, 0.6) is 0 Å². The number of piperidine rings is 1. The van der Waals surface area contributed by atoms with Crippen molar-refractivity contribution in [1.29, 1.82) is 0 Å². The predicted octanol–water partition coefficient (Wildman–Crippen LogP) is 1.63.